The molecule has 0 aliphatic carbocycles. The van der Waals surface area contributed by atoms with Crippen molar-refractivity contribution in [3.63, 3.8) is 0 Å². The highest BCUT2D eigenvalue weighted by atomic mass is 16.6. The first-order valence-corrected chi connectivity index (χ1v) is 7.31. The largest absolute Gasteiger partial charge is 0.486 e. The Bertz CT molecular complexity index is 420. The van der Waals surface area contributed by atoms with Crippen LogP contribution in [0.25, 0.3) is 0 Å². The van der Waals surface area contributed by atoms with Gasteiger partial charge >= 0.3 is 0 Å². The van der Waals surface area contributed by atoms with Crippen molar-refractivity contribution in [3.05, 3.63) is 23.8 Å². The summed E-state index contributed by atoms with van der Waals surface area (Å²) >= 11 is 0. The third-order valence-electron chi connectivity index (χ3n) is 3.65. The zero-order chi connectivity index (χ0) is 14.4. The van der Waals surface area contributed by atoms with Crippen LogP contribution in [0.1, 0.15) is 25.3 Å². The van der Waals surface area contributed by atoms with Crippen LogP contribution in [0.5, 0.6) is 11.5 Å². The molecule has 20 heavy (non-hydrogen) atoms. The minimum Gasteiger partial charge on any atom is -0.486 e. The van der Waals surface area contributed by atoms with Crippen LogP contribution >= 0.6 is 0 Å². The van der Waals surface area contributed by atoms with Crippen LogP contribution < -0.4 is 14.8 Å². The van der Waals surface area contributed by atoms with Crippen molar-refractivity contribution in [1.29, 1.82) is 0 Å². The average Bonchev–Trinajstić information content (AvgIpc) is 2.46. The molecular formula is C16H25NO3. The fourth-order valence-corrected chi connectivity index (χ4v) is 2.46. The molecule has 1 heterocycles. The van der Waals surface area contributed by atoms with E-state index in [1.54, 1.807) is 7.11 Å². The molecule has 2 rings (SSSR count). The van der Waals surface area contributed by atoms with Gasteiger partial charge in [0, 0.05) is 20.2 Å². The van der Waals surface area contributed by atoms with Crippen molar-refractivity contribution in [1.82, 2.24) is 5.32 Å². The SMILES string of the molecule is COCCNCC(c1ccc2c(c1)OCCO2)C(C)C. The zero-order valence-electron chi connectivity index (χ0n) is 12.6. The van der Waals surface area contributed by atoms with Gasteiger partial charge in [-0.05, 0) is 29.5 Å². The third kappa shape index (κ3) is 3.87. The second kappa shape index (κ2) is 7.50. The predicted octanol–water partition coefficient (Wildman–Crippen LogP) is 2.43. The van der Waals surface area contributed by atoms with Crippen molar-refractivity contribution < 1.29 is 14.2 Å². The van der Waals surface area contributed by atoms with Gasteiger partial charge in [-0.25, -0.2) is 0 Å². The minimum atomic E-state index is 0.461. The normalized spacial score (nSPS) is 15.4. The smallest absolute Gasteiger partial charge is 0.161 e. The fourth-order valence-electron chi connectivity index (χ4n) is 2.46. The fraction of sp³-hybridized carbons (Fsp3) is 0.625. The first kappa shape index (κ1) is 15.1. The molecule has 4 nitrogen and oxygen atoms in total. The molecule has 1 atom stereocenters. The van der Waals surface area contributed by atoms with Crippen LogP contribution in [0.3, 0.4) is 0 Å². The highest BCUT2D eigenvalue weighted by Gasteiger charge is 2.19. The molecule has 0 bridgehead atoms. The minimum absolute atomic E-state index is 0.461. The molecule has 0 aromatic heterocycles. The van der Waals surface area contributed by atoms with Crippen molar-refractivity contribution >= 4 is 0 Å². The van der Waals surface area contributed by atoms with Gasteiger partial charge in [-0.2, -0.15) is 0 Å². The summed E-state index contributed by atoms with van der Waals surface area (Å²) in [6.45, 7) is 8.34. The van der Waals surface area contributed by atoms with Gasteiger partial charge in [0.15, 0.2) is 11.5 Å². The number of nitrogens with one attached hydrogen (secondary N) is 1. The topological polar surface area (TPSA) is 39.7 Å². The van der Waals surface area contributed by atoms with Gasteiger partial charge in [-0.3, -0.25) is 0 Å². The molecule has 1 aliphatic rings. The lowest BCUT2D eigenvalue weighted by Gasteiger charge is -2.25. The molecule has 1 aromatic carbocycles. The molecule has 0 radical (unpaired) electrons. The van der Waals surface area contributed by atoms with E-state index in [0.717, 1.165) is 31.2 Å². The lowest BCUT2D eigenvalue weighted by molar-refractivity contribution is 0.171. The number of fused-ring (bicyclic) bond motifs is 1. The summed E-state index contributed by atoms with van der Waals surface area (Å²) in [6.07, 6.45) is 0. The number of ether oxygens (including phenoxy) is 3. The van der Waals surface area contributed by atoms with Gasteiger partial charge in [0.05, 0.1) is 6.61 Å². The van der Waals surface area contributed by atoms with Crippen molar-refractivity contribution in [2.24, 2.45) is 5.92 Å². The van der Waals surface area contributed by atoms with E-state index >= 15 is 0 Å². The van der Waals surface area contributed by atoms with Gasteiger partial charge < -0.3 is 19.5 Å². The Morgan fingerprint density at radius 1 is 1.20 bits per heavy atom. The van der Waals surface area contributed by atoms with Crippen LogP contribution in [0.4, 0.5) is 0 Å². The number of hydrogen-bond donors (Lipinski definition) is 1. The average molecular weight is 279 g/mol. The molecule has 1 aliphatic heterocycles. The summed E-state index contributed by atoms with van der Waals surface area (Å²) in [5, 5.41) is 3.45. The van der Waals surface area contributed by atoms with Crippen LogP contribution in [0.15, 0.2) is 18.2 Å². The molecule has 4 heteroatoms. The maximum atomic E-state index is 5.67. The van der Waals surface area contributed by atoms with Gasteiger partial charge in [0.25, 0.3) is 0 Å². The first-order valence-electron chi connectivity index (χ1n) is 7.31. The number of benzene rings is 1. The molecule has 0 saturated carbocycles. The van der Waals surface area contributed by atoms with Crippen LogP contribution in [-0.4, -0.2) is 40.0 Å². The Balaban J connectivity index is 2.04. The first-order chi connectivity index (χ1) is 9.72. The second-order valence-electron chi connectivity index (χ2n) is 5.45. The Labute approximate surface area is 121 Å². The quantitative estimate of drug-likeness (QED) is 0.778. The second-order valence-corrected chi connectivity index (χ2v) is 5.45. The summed E-state index contributed by atoms with van der Waals surface area (Å²) < 4.78 is 16.3. The van der Waals surface area contributed by atoms with Crippen LogP contribution in [0, 0.1) is 5.92 Å². The summed E-state index contributed by atoms with van der Waals surface area (Å²) in [6, 6.07) is 6.29. The molecule has 1 N–H and O–H groups in total. The summed E-state index contributed by atoms with van der Waals surface area (Å²) in [5.41, 5.74) is 1.30. The third-order valence-corrected chi connectivity index (χ3v) is 3.65. The predicted molar refractivity (Wildman–Crippen MR) is 79.8 cm³/mol. The van der Waals surface area contributed by atoms with Gasteiger partial charge in [-0.15, -0.1) is 0 Å². The van der Waals surface area contributed by atoms with E-state index in [9.17, 15) is 0 Å². The number of rotatable bonds is 7. The molecule has 1 aromatic rings. The summed E-state index contributed by atoms with van der Waals surface area (Å²) in [5.74, 6) is 2.75. The lowest BCUT2D eigenvalue weighted by Crippen LogP contribution is -2.27. The monoisotopic (exact) mass is 279 g/mol. The van der Waals surface area contributed by atoms with E-state index in [1.807, 2.05) is 6.07 Å². The highest BCUT2D eigenvalue weighted by molar-refractivity contribution is 5.45. The molecule has 0 amide bonds. The molecular weight excluding hydrogens is 254 g/mol. The van der Waals surface area contributed by atoms with Crippen LogP contribution in [0.2, 0.25) is 0 Å². The van der Waals surface area contributed by atoms with E-state index in [-0.39, 0.29) is 0 Å². The number of hydrogen-bond acceptors (Lipinski definition) is 4. The van der Waals surface area contributed by atoms with Gasteiger partial charge in [0.1, 0.15) is 13.2 Å². The molecule has 112 valence electrons. The number of methoxy groups -OCH3 is 1. The van der Waals surface area contributed by atoms with E-state index in [0.29, 0.717) is 25.0 Å². The standard InChI is InChI=1S/C16H25NO3/c1-12(2)14(11-17-6-7-18-3)13-4-5-15-16(10-13)20-9-8-19-15/h4-5,10,12,14,17H,6-9,11H2,1-3H3. The summed E-state index contributed by atoms with van der Waals surface area (Å²) in [7, 11) is 1.72. The lowest BCUT2D eigenvalue weighted by atomic mass is 9.88. The maximum Gasteiger partial charge on any atom is 0.161 e. The Hall–Kier alpha value is -1.26. The van der Waals surface area contributed by atoms with Gasteiger partial charge in [-0.1, -0.05) is 19.9 Å². The highest BCUT2D eigenvalue weighted by Crippen LogP contribution is 2.34. The van der Waals surface area contributed by atoms with E-state index < -0.39 is 0 Å². The molecule has 0 spiro atoms. The van der Waals surface area contributed by atoms with Gasteiger partial charge in [0.2, 0.25) is 0 Å². The maximum absolute atomic E-state index is 5.67. The van der Waals surface area contributed by atoms with Crippen molar-refractivity contribution in [3.8, 4) is 11.5 Å². The van der Waals surface area contributed by atoms with Crippen molar-refractivity contribution in [2.45, 2.75) is 19.8 Å². The van der Waals surface area contributed by atoms with E-state index in [4.69, 9.17) is 14.2 Å². The molecule has 0 saturated heterocycles. The Morgan fingerprint density at radius 2 is 1.95 bits per heavy atom. The van der Waals surface area contributed by atoms with Crippen molar-refractivity contribution in [2.75, 3.05) is 40.0 Å². The zero-order valence-corrected chi connectivity index (χ0v) is 12.6. The molecule has 1 unspecified atom stereocenters. The van der Waals surface area contributed by atoms with E-state index in [1.165, 1.54) is 5.56 Å². The van der Waals surface area contributed by atoms with Crippen LogP contribution in [-0.2, 0) is 4.74 Å². The summed E-state index contributed by atoms with van der Waals surface area (Å²) in [4.78, 5) is 0. The molecule has 0 fully saturated rings. The van der Waals surface area contributed by atoms with E-state index in [2.05, 4.69) is 31.3 Å². The Kier molecular flexibility index (Phi) is 5.68. The Morgan fingerprint density at radius 3 is 2.65 bits per heavy atom.